The van der Waals surface area contributed by atoms with Crippen molar-refractivity contribution in [1.82, 2.24) is 10.6 Å². The first kappa shape index (κ1) is 18.0. The Morgan fingerprint density at radius 3 is 2.24 bits per heavy atom. The van der Waals surface area contributed by atoms with E-state index >= 15 is 0 Å². The lowest BCUT2D eigenvalue weighted by molar-refractivity contribution is -0.125. The number of carbonyl (C=O) groups is 2. The largest absolute Gasteiger partial charge is 0.354 e. The van der Waals surface area contributed by atoms with Gasteiger partial charge in [0, 0.05) is 19.5 Å². The lowest BCUT2D eigenvalue weighted by Gasteiger charge is -2.25. The summed E-state index contributed by atoms with van der Waals surface area (Å²) in [6.07, 6.45) is 6.76. The fourth-order valence-corrected chi connectivity index (χ4v) is 2.62. The van der Waals surface area contributed by atoms with E-state index in [-0.39, 0.29) is 17.2 Å². The molecule has 5 heteroatoms. The maximum atomic E-state index is 11.8. The van der Waals surface area contributed by atoms with Crippen LogP contribution in [0, 0.1) is 11.3 Å². The van der Waals surface area contributed by atoms with E-state index in [0.717, 1.165) is 0 Å². The summed E-state index contributed by atoms with van der Waals surface area (Å²) >= 11 is 0. The summed E-state index contributed by atoms with van der Waals surface area (Å²) in [5.41, 5.74) is 5.60. The van der Waals surface area contributed by atoms with Crippen molar-refractivity contribution >= 4 is 11.8 Å². The Morgan fingerprint density at radius 1 is 1.10 bits per heavy atom. The quantitative estimate of drug-likeness (QED) is 0.651. The van der Waals surface area contributed by atoms with Crippen molar-refractivity contribution in [3.05, 3.63) is 0 Å². The average Bonchev–Trinajstić information content (AvgIpc) is 2.42. The monoisotopic (exact) mass is 297 g/mol. The smallest absolute Gasteiger partial charge is 0.237 e. The molecule has 1 aliphatic rings. The van der Waals surface area contributed by atoms with Gasteiger partial charge in [-0.2, -0.15) is 0 Å². The van der Waals surface area contributed by atoms with Crippen LogP contribution in [0.15, 0.2) is 0 Å². The van der Waals surface area contributed by atoms with Crippen molar-refractivity contribution in [2.75, 3.05) is 13.1 Å². The summed E-state index contributed by atoms with van der Waals surface area (Å²) in [6, 6.07) is -0.532. The highest BCUT2D eigenvalue weighted by molar-refractivity contribution is 5.82. The maximum Gasteiger partial charge on any atom is 0.237 e. The van der Waals surface area contributed by atoms with Crippen LogP contribution >= 0.6 is 0 Å². The normalized spacial score (nSPS) is 18.1. The molecule has 1 fully saturated rings. The lowest BCUT2D eigenvalue weighted by Crippen LogP contribution is -2.50. The Bertz CT molecular complexity index is 344. The molecule has 0 aromatic rings. The summed E-state index contributed by atoms with van der Waals surface area (Å²) in [5, 5.41) is 5.64. The second kappa shape index (κ2) is 8.37. The van der Waals surface area contributed by atoms with Crippen molar-refractivity contribution in [3.63, 3.8) is 0 Å². The van der Waals surface area contributed by atoms with Crippen LogP contribution in [0.5, 0.6) is 0 Å². The fourth-order valence-electron chi connectivity index (χ4n) is 2.62. The van der Waals surface area contributed by atoms with Crippen LogP contribution in [0.1, 0.15) is 59.3 Å². The summed E-state index contributed by atoms with van der Waals surface area (Å²) in [7, 11) is 0. The number of nitrogens with one attached hydrogen (secondary N) is 2. The molecule has 2 amide bonds. The standard InChI is InChI=1S/C16H31N3O2/c1-16(2,3)14(17)15(21)19-10-9-18-13(20)11-12-7-5-4-6-8-12/h12,14H,4-11,17H2,1-3H3,(H,18,20)(H,19,21)/t14-/m1/s1. The van der Waals surface area contributed by atoms with Crippen LogP contribution in [-0.2, 0) is 9.59 Å². The van der Waals surface area contributed by atoms with Gasteiger partial charge >= 0.3 is 0 Å². The highest BCUT2D eigenvalue weighted by atomic mass is 16.2. The molecule has 0 heterocycles. The molecule has 0 saturated heterocycles. The van der Waals surface area contributed by atoms with Gasteiger partial charge < -0.3 is 16.4 Å². The topological polar surface area (TPSA) is 84.2 Å². The van der Waals surface area contributed by atoms with Crippen molar-refractivity contribution in [3.8, 4) is 0 Å². The Labute approximate surface area is 128 Å². The van der Waals surface area contributed by atoms with Gasteiger partial charge in [0.05, 0.1) is 6.04 Å². The van der Waals surface area contributed by atoms with E-state index in [0.29, 0.717) is 25.4 Å². The Morgan fingerprint density at radius 2 is 1.67 bits per heavy atom. The SMILES string of the molecule is CC(C)(C)[C@H](N)C(=O)NCCNC(=O)CC1CCCCC1. The molecule has 0 aliphatic heterocycles. The molecular weight excluding hydrogens is 266 g/mol. The predicted molar refractivity (Wildman–Crippen MR) is 84.6 cm³/mol. The van der Waals surface area contributed by atoms with Crippen molar-refractivity contribution < 1.29 is 9.59 Å². The molecule has 0 aromatic carbocycles. The molecule has 1 aliphatic carbocycles. The van der Waals surface area contributed by atoms with Gasteiger partial charge in [0.25, 0.3) is 0 Å². The molecular formula is C16H31N3O2. The Kier molecular flexibility index (Phi) is 7.15. The maximum absolute atomic E-state index is 11.8. The molecule has 0 unspecified atom stereocenters. The van der Waals surface area contributed by atoms with Crippen molar-refractivity contribution in [1.29, 1.82) is 0 Å². The Hall–Kier alpha value is -1.10. The molecule has 21 heavy (non-hydrogen) atoms. The van der Waals surface area contributed by atoms with E-state index in [4.69, 9.17) is 5.73 Å². The minimum Gasteiger partial charge on any atom is -0.354 e. The highest BCUT2D eigenvalue weighted by Crippen LogP contribution is 2.25. The van der Waals surface area contributed by atoms with Gasteiger partial charge in [0.15, 0.2) is 0 Å². The second-order valence-electron chi connectivity index (χ2n) is 7.19. The Balaban J connectivity index is 2.13. The minimum absolute atomic E-state index is 0.0938. The van der Waals surface area contributed by atoms with Crippen LogP contribution in [-0.4, -0.2) is 30.9 Å². The zero-order valence-corrected chi connectivity index (χ0v) is 13.7. The molecule has 1 rings (SSSR count). The zero-order valence-electron chi connectivity index (χ0n) is 13.7. The molecule has 5 nitrogen and oxygen atoms in total. The fraction of sp³-hybridized carbons (Fsp3) is 0.875. The van der Waals surface area contributed by atoms with Gasteiger partial charge in [-0.3, -0.25) is 9.59 Å². The first-order valence-corrected chi connectivity index (χ1v) is 8.10. The molecule has 122 valence electrons. The van der Waals surface area contributed by atoms with E-state index in [2.05, 4.69) is 10.6 Å². The average molecular weight is 297 g/mol. The van der Waals surface area contributed by atoms with Gasteiger partial charge in [-0.05, 0) is 24.2 Å². The third-order valence-electron chi connectivity index (χ3n) is 4.16. The third-order valence-corrected chi connectivity index (χ3v) is 4.16. The van der Waals surface area contributed by atoms with Crippen LogP contribution in [0.3, 0.4) is 0 Å². The van der Waals surface area contributed by atoms with E-state index in [1.807, 2.05) is 20.8 Å². The van der Waals surface area contributed by atoms with Gasteiger partial charge in [0.2, 0.25) is 11.8 Å². The first-order valence-electron chi connectivity index (χ1n) is 8.10. The predicted octanol–water partition coefficient (Wildman–Crippen LogP) is 1.56. The number of hydrogen-bond donors (Lipinski definition) is 3. The first-order chi connectivity index (χ1) is 9.80. The zero-order chi connectivity index (χ0) is 15.9. The number of hydrogen-bond acceptors (Lipinski definition) is 3. The number of nitrogens with two attached hydrogens (primary N) is 1. The molecule has 0 bridgehead atoms. The van der Waals surface area contributed by atoms with E-state index < -0.39 is 6.04 Å². The van der Waals surface area contributed by atoms with Crippen molar-refractivity contribution in [2.45, 2.75) is 65.3 Å². The molecule has 0 spiro atoms. The number of rotatable bonds is 6. The second-order valence-corrected chi connectivity index (χ2v) is 7.19. The van der Waals surface area contributed by atoms with Gasteiger partial charge in [-0.15, -0.1) is 0 Å². The van der Waals surface area contributed by atoms with Gasteiger partial charge in [-0.25, -0.2) is 0 Å². The summed E-state index contributed by atoms with van der Waals surface area (Å²) < 4.78 is 0. The third kappa shape index (κ3) is 6.93. The molecule has 0 aromatic heterocycles. The molecule has 1 atom stereocenters. The summed E-state index contributed by atoms with van der Waals surface area (Å²) in [6.45, 7) is 6.70. The van der Waals surface area contributed by atoms with E-state index in [1.54, 1.807) is 0 Å². The summed E-state index contributed by atoms with van der Waals surface area (Å²) in [5.74, 6) is 0.475. The van der Waals surface area contributed by atoms with E-state index in [9.17, 15) is 9.59 Å². The minimum atomic E-state index is -0.532. The number of carbonyl (C=O) groups excluding carboxylic acids is 2. The van der Waals surface area contributed by atoms with Gasteiger partial charge in [0.1, 0.15) is 0 Å². The van der Waals surface area contributed by atoms with Gasteiger partial charge in [-0.1, -0.05) is 40.0 Å². The van der Waals surface area contributed by atoms with Crippen LogP contribution in [0.4, 0.5) is 0 Å². The lowest BCUT2D eigenvalue weighted by atomic mass is 9.87. The van der Waals surface area contributed by atoms with E-state index in [1.165, 1.54) is 32.1 Å². The van der Waals surface area contributed by atoms with Crippen LogP contribution in [0.25, 0.3) is 0 Å². The summed E-state index contributed by atoms with van der Waals surface area (Å²) in [4.78, 5) is 23.6. The number of amides is 2. The van der Waals surface area contributed by atoms with Crippen LogP contribution in [0.2, 0.25) is 0 Å². The highest BCUT2D eigenvalue weighted by Gasteiger charge is 2.27. The molecule has 1 saturated carbocycles. The molecule has 0 radical (unpaired) electrons. The van der Waals surface area contributed by atoms with Crippen LogP contribution < -0.4 is 16.4 Å². The molecule has 4 N–H and O–H groups in total. The van der Waals surface area contributed by atoms with Crippen molar-refractivity contribution in [2.24, 2.45) is 17.1 Å².